The number of fused-ring (bicyclic) bond motifs is 4. The van der Waals surface area contributed by atoms with Crippen LogP contribution in [-0.4, -0.2) is 6.71 Å². The molecule has 0 saturated carbocycles. The van der Waals surface area contributed by atoms with Crippen LogP contribution in [0.2, 0.25) is 0 Å². The zero-order chi connectivity index (χ0) is 21.4. The van der Waals surface area contributed by atoms with Crippen LogP contribution < -0.4 is 25.9 Å². The molecule has 0 saturated heterocycles. The Morgan fingerprint density at radius 3 is 1.47 bits per heavy atom. The van der Waals surface area contributed by atoms with Crippen molar-refractivity contribution in [2.45, 2.75) is 52.4 Å². The smallest absolute Gasteiger partial charge is 0.260 e. The molecular weight excluding hydrogens is 374 g/mol. The maximum absolute atomic E-state index is 14.4. The Kier molecular flexibility index (Phi) is 3.93. The molecule has 0 radical (unpaired) electrons. The third-order valence-corrected chi connectivity index (χ3v) is 6.18. The fraction of sp³-hybridized carbons (Fsp3) is 0.308. The second-order valence-corrected chi connectivity index (χ2v) is 10.5. The minimum absolute atomic E-state index is 0.000951. The Labute approximate surface area is 178 Å². The average Bonchev–Trinajstić information content (AvgIpc) is 2.64. The minimum atomic E-state index is -0.353. The lowest BCUT2D eigenvalue weighted by molar-refractivity contribution is 0.452. The Morgan fingerprint density at radius 2 is 1.07 bits per heavy atom. The standard InChI is InChI=1S/C26H26BFO2/c1-25(2,3)15-7-9-18-20(11-15)29-22-13-17(28)14-23-24(22)27(18)19-10-8-16(26(4,5)6)12-21(19)30-23/h7-14H,1-6H3. The number of halogens is 1. The van der Waals surface area contributed by atoms with Crippen molar-refractivity contribution in [1.82, 2.24) is 0 Å². The average molecular weight is 400 g/mol. The van der Waals surface area contributed by atoms with Crippen molar-refractivity contribution in [1.29, 1.82) is 0 Å². The second kappa shape index (κ2) is 6.13. The van der Waals surface area contributed by atoms with Crippen molar-refractivity contribution >= 4 is 23.1 Å². The van der Waals surface area contributed by atoms with Crippen molar-refractivity contribution in [2.75, 3.05) is 0 Å². The zero-order valence-corrected chi connectivity index (χ0v) is 18.4. The summed E-state index contributed by atoms with van der Waals surface area (Å²) in [7, 11) is 0. The van der Waals surface area contributed by atoms with Gasteiger partial charge in [0.2, 0.25) is 0 Å². The molecule has 0 aromatic heterocycles. The van der Waals surface area contributed by atoms with E-state index in [0.29, 0.717) is 11.5 Å². The number of hydrogen-bond donors (Lipinski definition) is 0. The van der Waals surface area contributed by atoms with Gasteiger partial charge in [-0.05, 0) is 45.0 Å². The highest BCUT2D eigenvalue weighted by molar-refractivity contribution is 6.98. The maximum atomic E-state index is 14.4. The van der Waals surface area contributed by atoms with Gasteiger partial charge in [0.25, 0.3) is 6.71 Å². The Morgan fingerprint density at radius 1 is 0.633 bits per heavy atom. The minimum Gasteiger partial charge on any atom is -0.458 e. The molecule has 2 aliphatic heterocycles. The number of ether oxygens (including phenoxy) is 2. The summed E-state index contributed by atoms with van der Waals surface area (Å²) >= 11 is 0. The lowest BCUT2D eigenvalue weighted by atomic mass is 9.34. The third-order valence-electron chi connectivity index (χ3n) is 6.18. The Hall–Kier alpha value is -2.75. The van der Waals surface area contributed by atoms with E-state index in [1.807, 2.05) is 0 Å². The van der Waals surface area contributed by atoms with Crippen molar-refractivity contribution in [3.63, 3.8) is 0 Å². The summed E-state index contributed by atoms with van der Waals surface area (Å²) < 4.78 is 26.9. The lowest BCUT2D eigenvalue weighted by Crippen LogP contribution is -2.57. The van der Waals surface area contributed by atoms with Crippen LogP contribution in [0.4, 0.5) is 4.39 Å². The van der Waals surface area contributed by atoms with Crippen LogP contribution in [0.5, 0.6) is 23.0 Å². The molecule has 152 valence electrons. The van der Waals surface area contributed by atoms with Crippen molar-refractivity contribution in [3.8, 4) is 23.0 Å². The molecule has 0 fully saturated rings. The van der Waals surface area contributed by atoms with Gasteiger partial charge in [0.15, 0.2) is 0 Å². The molecule has 0 N–H and O–H groups in total. The van der Waals surface area contributed by atoms with Gasteiger partial charge in [0.05, 0.1) is 0 Å². The van der Waals surface area contributed by atoms with Crippen LogP contribution in [0, 0.1) is 5.82 Å². The molecule has 5 rings (SSSR count). The summed E-state index contributed by atoms with van der Waals surface area (Å²) in [5.41, 5.74) is 5.48. The molecular formula is C26H26BFO2. The molecule has 2 nitrogen and oxygen atoms in total. The zero-order valence-electron chi connectivity index (χ0n) is 18.4. The van der Waals surface area contributed by atoms with Gasteiger partial charge >= 0.3 is 0 Å². The van der Waals surface area contributed by atoms with Gasteiger partial charge in [-0.15, -0.1) is 0 Å². The summed E-state index contributed by atoms with van der Waals surface area (Å²) in [5.74, 6) is 2.32. The first kappa shape index (κ1) is 19.2. The van der Waals surface area contributed by atoms with E-state index in [-0.39, 0.29) is 23.4 Å². The SMILES string of the molecule is CC(C)(C)c1ccc2c(c1)Oc1cc(F)cc3c1B2c1ccc(C(C)(C)C)cc1O3. The van der Waals surface area contributed by atoms with E-state index < -0.39 is 0 Å². The van der Waals surface area contributed by atoms with E-state index in [0.717, 1.165) is 27.9 Å². The normalized spacial score (nSPS) is 14.3. The van der Waals surface area contributed by atoms with Crippen LogP contribution in [0.3, 0.4) is 0 Å². The summed E-state index contributed by atoms with van der Waals surface area (Å²) in [6.45, 7) is 13.1. The number of rotatable bonds is 0. The van der Waals surface area contributed by atoms with Gasteiger partial charge in [-0.2, -0.15) is 0 Å². The molecule has 0 unspecified atom stereocenters. The fourth-order valence-electron chi connectivity index (χ4n) is 4.39. The highest BCUT2D eigenvalue weighted by Gasteiger charge is 2.41. The molecule has 2 heterocycles. The molecule has 30 heavy (non-hydrogen) atoms. The molecule has 3 aromatic carbocycles. The van der Waals surface area contributed by atoms with Crippen LogP contribution >= 0.6 is 0 Å². The van der Waals surface area contributed by atoms with Gasteiger partial charge in [-0.25, -0.2) is 4.39 Å². The molecule has 0 atom stereocenters. The highest BCUT2D eigenvalue weighted by atomic mass is 19.1. The molecule has 0 bridgehead atoms. The fourth-order valence-corrected chi connectivity index (χ4v) is 4.39. The largest absolute Gasteiger partial charge is 0.458 e. The summed E-state index contributed by atoms with van der Waals surface area (Å²) in [4.78, 5) is 0. The molecule has 4 heteroatoms. The van der Waals surface area contributed by atoms with Crippen molar-refractivity contribution < 1.29 is 13.9 Å². The van der Waals surface area contributed by atoms with Crippen LogP contribution in [0.15, 0.2) is 48.5 Å². The summed E-state index contributed by atoms with van der Waals surface area (Å²) in [6, 6.07) is 15.8. The molecule has 3 aromatic rings. The van der Waals surface area contributed by atoms with Gasteiger partial charge < -0.3 is 9.47 Å². The van der Waals surface area contributed by atoms with Crippen molar-refractivity contribution in [3.05, 3.63) is 65.5 Å². The second-order valence-electron chi connectivity index (χ2n) is 10.5. The van der Waals surface area contributed by atoms with Crippen LogP contribution in [0.25, 0.3) is 0 Å². The van der Waals surface area contributed by atoms with E-state index >= 15 is 0 Å². The number of hydrogen-bond acceptors (Lipinski definition) is 2. The van der Waals surface area contributed by atoms with E-state index in [1.165, 1.54) is 23.3 Å². The Balaban J connectivity index is 1.75. The molecule has 2 aliphatic rings. The van der Waals surface area contributed by atoms with Crippen molar-refractivity contribution in [2.24, 2.45) is 0 Å². The maximum Gasteiger partial charge on any atom is 0.260 e. The first-order chi connectivity index (χ1) is 14.0. The highest BCUT2D eigenvalue weighted by Crippen LogP contribution is 2.37. The van der Waals surface area contributed by atoms with Gasteiger partial charge in [0.1, 0.15) is 28.8 Å². The van der Waals surface area contributed by atoms with E-state index in [9.17, 15) is 4.39 Å². The molecule has 0 spiro atoms. The Bertz CT molecular complexity index is 1100. The quantitative estimate of drug-likeness (QED) is 0.335. The van der Waals surface area contributed by atoms with E-state index in [1.54, 1.807) is 0 Å². The predicted molar refractivity (Wildman–Crippen MR) is 121 cm³/mol. The monoisotopic (exact) mass is 400 g/mol. The number of benzene rings is 3. The van der Waals surface area contributed by atoms with Gasteiger partial charge in [-0.3, -0.25) is 0 Å². The first-order valence-electron chi connectivity index (χ1n) is 10.5. The molecule has 0 aliphatic carbocycles. The molecule has 0 amide bonds. The predicted octanol–water partition coefficient (Wildman–Crippen LogP) is 5.15. The topological polar surface area (TPSA) is 18.5 Å². The first-order valence-corrected chi connectivity index (χ1v) is 10.5. The van der Waals surface area contributed by atoms with Gasteiger partial charge in [0, 0.05) is 17.6 Å². The summed E-state index contributed by atoms with van der Waals surface area (Å²) in [6.07, 6.45) is 0. The summed E-state index contributed by atoms with van der Waals surface area (Å²) in [5, 5.41) is 0. The van der Waals surface area contributed by atoms with Gasteiger partial charge in [-0.1, -0.05) is 65.8 Å². The third kappa shape index (κ3) is 2.93. The van der Waals surface area contributed by atoms with E-state index in [4.69, 9.17) is 9.47 Å². The van der Waals surface area contributed by atoms with E-state index in [2.05, 4.69) is 77.9 Å². The van der Waals surface area contributed by atoms with Crippen LogP contribution in [0.1, 0.15) is 52.7 Å². The van der Waals surface area contributed by atoms with Crippen LogP contribution in [-0.2, 0) is 10.8 Å². The lowest BCUT2D eigenvalue weighted by Gasteiger charge is -2.34.